The number of amides is 4. The molecular weight excluding hydrogens is 439 g/mol. The molecule has 3 heterocycles. The Morgan fingerprint density at radius 2 is 1.91 bits per heavy atom. The van der Waals surface area contributed by atoms with Gasteiger partial charge in [0, 0.05) is 43.8 Å². The average molecular weight is 467 g/mol. The summed E-state index contributed by atoms with van der Waals surface area (Å²) >= 11 is 0. The van der Waals surface area contributed by atoms with Gasteiger partial charge in [-0.05, 0) is 39.0 Å². The van der Waals surface area contributed by atoms with Crippen LogP contribution in [0.4, 0.5) is 42.5 Å². The second-order valence-corrected chi connectivity index (χ2v) is 8.96. The van der Waals surface area contributed by atoms with Crippen LogP contribution in [0.3, 0.4) is 0 Å². The molecule has 10 nitrogen and oxygen atoms in total. The summed E-state index contributed by atoms with van der Waals surface area (Å²) in [6.45, 7) is 6.22. The number of carbonyl (C=O) groups is 2. The third kappa shape index (κ3) is 4.49. The molecule has 3 aromatic rings. The number of pyridine rings is 1. The zero-order valence-corrected chi connectivity index (χ0v) is 19.7. The highest BCUT2D eigenvalue weighted by Crippen LogP contribution is 2.33. The zero-order valence-electron chi connectivity index (χ0n) is 19.7. The van der Waals surface area contributed by atoms with Gasteiger partial charge in [-0.15, -0.1) is 0 Å². The van der Waals surface area contributed by atoms with Crippen LogP contribution in [0, 0.1) is 5.82 Å². The first-order chi connectivity index (χ1) is 16.1. The molecule has 0 saturated heterocycles. The molecule has 0 unspecified atom stereocenters. The Hall–Kier alpha value is -4.15. The molecule has 1 aromatic carbocycles. The molecule has 0 saturated carbocycles. The summed E-state index contributed by atoms with van der Waals surface area (Å²) in [7, 11) is 3.42. The fraction of sp³-hybridized carbons (Fsp3) is 0.304. The Kier molecular flexibility index (Phi) is 5.86. The Morgan fingerprint density at radius 1 is 1.15 bits per heavy atom. The van der Waals surface area contributed by atoms with E-state index in [4.69, 9.17) is 0 Å². The van der Waals surface area contributed by atoms with Gasteiger partial charge in [0.15, 0.2) is 0 Å². The summed E-state index contributed by atoms with van der Waals surface area (Å²) in [5.41, 5.74) is 2.21. The van der Waals surface area contributed by atoms with Crippen molar-refractivity contribution in [2.45, 2.75) is 32.9 Å². The summed E-state index contributed by atoms with van der Waals surface area (Å²) in [5, 5.41) is 12.3. The fourth-order valence-corrected chi connectivity index (χ4v) is 3.58. The minimum atomic E-state index is -0.624. The van der Waals surface area contributed by atoms with E-state index in [1.165, 1.54) is 34.2 Å². The van der Waals surface area contributed by atoms with Crippen LogP contribution >= 0.6 is 0 Å². The highest BCUT2D eigenvalue weighted by atomic mass is 19.1. The van der Waals surface area contributed by atoms with Gasteiger partial charge in [-0.2, -0.15) is 5.10 Å². The summed E-state index contributed by atoms with van der Waals surface area (Å²) in [6, 6.07) is 5.04. The smallest absolute Gasteiger partial charge is 0.329 e. The molecule has 0 fully saturated rings. The predicted molar refractivity (Wildman–Crippen MR) is 130 cm³/mol. The van der Waals surface area contributed by atoms with Gasteiger partial charge in [-0.3, -0.25) is 14.5 Å². The standard InChI is InChI=1S/C23H27FN8O2/c1-23(2,3)32-13-15(11-27-32)28-21(33)29-18-8-16(6-7-17(18)24)31-12-14-10-26-20(25-4)9-19(14)30(5)22(31)34/h6-11,13H,12H2,1-5H3,(H,25,26)(H2,28,29,33). The topological polar surface area (TPSA) is 107 Å². The first kappa shape index (κ1) is 23.0. The lowest BCUT2D eigenvalue weighted by atomic mass is 10.1. The highest BCUT2D eigenvalue weighted by Gasteiger charge is 2.30. The van der Waals surface area contributed by atoms with Crippen molar-refractivity contribution >= 4 is 40.6 Å². The summed E-state index contributed by atoms with van der Waals surface area (Å²) in [5.74, 6) is 0.0296. The van der Waals surface area contributed by atoms with Crippen molar-refractivity contribution in [2.24, 2.45) is 0 Å². The van der Waals surface area contributed by atoms with Crippen molar-refractivity contribution in [3.63, 3.8) is 0 Å². The minimum absolute atomic E-state index is 0.0527. The Labute approximate surface area is 196 Å². The molecule has 34 heavy (non-hydrogen) atoms. The lowest BCUT2D eigenvalue weighted by Gasteiger charge is -2.35. The van der Waals surface area contributed by atoms with Gasteiger partial charge in [0.1, 0.15) is 11.6 Å². The first-order valence-electron chi connectivity index (χ1n) is 10.7. The van der Waals surface area contributed by atoms with E-state index >= 15 is 0 Å². The highest BCUT2D eigenvalue weighted by molar-refractivity contribution is 6.06. The number of nitrogens with one attached hydrogen (secondary N) is 3. The van der Waals surface area contributed by atoms with Crippen molar-refractivity contribution in [3.05, 3.63) is 54.2 Å². The van der Waals surface area contributed by atoms with E-state index in [9.17, 15) is 14.0 Å². The van der Waals surface area contributed by atoms with Crippen LogP contribution in [-0.2, 0) is 12.1 Å². The van der Waals surface area contributed by atoms with Crippen LogP contribution in [-0.4, -0.2) is 40.9 Å². The number of fused-ring (bicyclic) bond motifs is 1. The summed E-state index contributed by atoms with van der Waals surface area (Å²) < 4.78 is 16.2. The number of nitrogens with zero attached hydrogens (tertiary/aromatic N) is 5. The maximum absolute atomic E-state index is 14.5. The maximum atomic E-state index is 14.5. The van der Waals surface area contributed by atoms with Crippen molar-refractivity contribution < 1.29 is 14.0 Å². The van der Waals surface area contributed by atoms with Crippen LogP contribution in [0.1, 0.15) is 26.3 Å². The molecule has 0 atom stereocenters. The van der Waals surface area contributed by atoms with Gasteiger partial charge >= 0.3 is 12.1 Å². The van der Waals surface area contributed by atoms with E-state index in [-0.39, 0.29) is 23.8 Å². The van der Waals surface area contributed by atoms with Crippen LogP contribution in [0.2, 0.25) is 0 Å². The molecule has 4 amide bonds. The van der Waals surface area contributed by atoms with Gasteiger partial charge < -0.3 is 16.0 Å². The summed E-state index contributed by atoms with van der Waals surface area (Å²) in [6.07, 6.45) is 4.91. The molecule has 178 valence electrons. The number of benzene rings is 1. The summed E-state index contributed by atoms with van der Waals surface area (Å²) in [4.78, 5) is 32.9. The molecular formula is C23H27FN8O2. The number of anilines is 5. The first-order valence-corrected chi connectivity index (χ1v) is 10.7. The minimum Gasteiger partial charge on any atom is -0.373 e. The molecule has 1 aliphatic heterocycles. The molecule has 0 radical (unpaired) electrons. The van der Waals surface area contributed by atoms with Gasteiger partial charge in [0.25, 0.3) is 0 Å². The molecule has 0 aliphatic carbocycles. The molecule has 2 aromatic heterocycles. The number of aromatic nitrogens is 3. The third-order valence-electron chi connectivity index (χ3n) is 5.46. The molecule has 11 heteroatoms. The van der Waals surface area contributed by atoms with E-state index in [0.29, 0.717) is 17.2 Å². The van der Waals surface area contributed by atoms with Gasteiger partial charge in [-0.1, -0.05) is 0 Å². The van der Waals surface area contributed by atoms with Crippen molar-refractivity contribution in [1.29, 1.82) is 0 Å². The second kappa shape index (κ2) is 8.65. The van der Waals surface area contributed by atoms with Crippen LogP contribution in [0.5, 0.6) is 0 Å². The lowest BCUT2D eigenvalue weighted by molar-refractivity contribution is 0.251. The normalized spacial score (nSPS) is 13.5. The van der Waals surface area contributed by atoms with Crippen molar-refractivity contribution in [3.8, 4) is 0 Å². The lowest BCUT2D eigenvalue weighted by Crippen LogP contribution is -2.45. The van der Waals surface area contributed by atoms with E-state index in [1.54, 1.807) is 37.2 Å². The van der Waals surface area contributed by atoms with Crippen LogP contribution in [0.25, 0.3) is 0 Å². The van der Waals surface area contributed by atoms with E-state index in [0.717, 1.165) is 11.3 Å². The van der Waals surface area contributed by atoms with Crippen LogP contribution < -0.4 is 25.8 Å². The number of hydrogen-bond acceptors (Lipinski definition) is 5. The average Bonchev–Trinajstić information content (AvgIpc) is 3.26. The van der Waals surface area contributed by atoms with Crippen molar-refractivity contribution in [2.75, 3.05) is 39.8 Å². The number of urea groups is 2. The Bertz CT molecular complexity index is 1250. The number of hydrogen-bond donors (Lipinski definition) is 3. The largest absolute Gasteiger partial charge is 0.373 e. The quantitative estimate of drug-likeness (QED) is 0.527. The van der Waals surface area contributed by atoms with E-state index in [1.807, 2.05) is 20.8 Å². The number of carbonyl (C=O) groups excluding carboxylic acids is 2. The maximum Gasteiger partial charge on any atom is 0.329 e. The van der Waals surface area contributed by atoms with Gasteiger partial charge in [-0.25, -0.2) is 19.0 Å². The second-order valence-electron chi connectivity index (χ2n) is 8.96. The van der Waals surface area contributed by atoms with E-state index < -0.39 is 11.8 Å². The SMILES string of the molecule is CNc1cc2c(cn1)CN(c1ccc(F)c(NC(=O)Nc3cnn(C(C)(C)C)c3)c1)C(=O)N2C. The predicted octanol–water partition coefficient (Wildman–Crippen LogP) is 4.43. The number of rotatable bonds is 4. The number of halogens is 1. The van der Waals surface area contributed by atoms with E-state index in [2.05, 4.69) is 26.0 Å². The molecule has 0 bridgehead atoms. The van der Waals surface area contributed by atoms with Crippen molar-refractivity contribution in [1.82, 2.24) is 14.8 Å². The monoisotopic (exact) mass is 466 g/mol. The fourth-order valence-electron chi connectivity index (χ4n) is 3.58. The van der Waals surface area contributed by atoms with Gasteiger partial charge in [0.2, 0.25) is 0 Å². The zero-order chi connectivity index (χ0) is 24.6. The Morgan fingerprint density at radius 3 is 2.59 bits per heavy atom. The van der Waals surface area contributed by atoms with Gasteiger partial charge in [0.05, 0.1) is 35.3 Å². The van der Waals surface area contributed by atoms with Crippen LogP contribution in [0.15, 0.2) is 42.9 Å². The molecule has 3 N–H and O–H groups in total. The Balaban J connectivity index is 1.53. The molecule has 4 rings (SSSR count). The molecule has 1 aliphatic rings. The molecule has 0 spiro atoms. The third-order valence-corrected chi connectivity index (χ3v) is 5.46.